The van der Waals surface area contributed by atoms with Gasteiger partial charge in [-0.2, -0.15) is 0 Å². The molecule has 6 rings (SSSR count). The highest BCUT2D eigenvalue weighted by atomic mass is 32.1. The first-order valence-corrected chi connectivity index (χ1v) is 15.0. The zero-order chi connectivity index (χ0) is 29.4. The molecule has 3 aromatic carbocycles. The van der Waals surface area contributed by atoms with Crippen molar-refractivity contribution in [1.82, 2.24) is 4.98 Å². The molecule has 0 spiro atoms. The molecule has 0 saturated carbocycles. The number of amides is 1. The number of carbonyl (C=O) groups is 2. The van der Waals surface area contributed by atoms with Gasteiger partial charge in [0.05, 0.1) is 28.4 Å². The van der Waals surface area contributed by atoms with Gasteiger partial charge in [-0.15, -0.1) is 0 Å². The smallest absolute Gasteiger partial charge is 0.301 e. The fraction of sp³-hybridized carbons (Fsp3) is 0.303. The Kier molecular flexibility index (Phi) is 7.60. The number of rotatable bonds is 8. The van der Waals surface area contributed by atoms with Crippen LogP contribution in [-0.4, -0.2) is 41.6 Å². The first kappa shape index (κ1) is 27.8. The molecule has 8 nitrogen and oxygen atoms in total. The van der Waals surface area contributed by atoms with Crippen LogP contribution in [0.3, 0.4) is 0 Å². The number of unbranched alkanes of at least 4 members (excludes halogenated alkanes) is 2. The molecule has 0 radical (unpaired) electrons. The van der Waals surface area contributed by atoms with E-state index in [1.54, 1.807) is 18.2 Å². The van der Waals surface area contributed by atoms with E-state index in [1.165, 1.54) is 16.2 Å². The summed E-state index contributed by atoms with van der Waals surface area (Å²) >= 11 is 1.35. The Morgan fingerprint density at radius 1 is 1.05 bits per heavy atom. The third kappa shape index (κ3) is 5.09. The molecule has 2 aliphatic heterocycles. The molecule has 0 bridgehead atoms. The lowest BCUT2D eigenvalue weighted by atomic mass is 9.95. The number of aliphatic hydroxyl groups excluding tert-OH is 1. The molecule has 9 heteroatoms. The molecule has 1 amide bonds. The minimum atomic E-state index is -0.917. The van der Waals surface area contributed by atoms with Crippen LogP contribution < -0.4 is 19.1 Å². The van der Waals surface area contributed by atoms with E-state index in [9.17, 15) is 14.7 Å². The van der Waals surface area contributed by atoms with Gasteiger partial charge in [0.25, 0.3) is 5.78 Å². The topological polar surface area (TPSA) is 98.2 Å². The predicted molar refractivity (Wildman–Crippen MR) is 163 cm³/mol. The number of aliphatic hydroxyl groups is 1. The number of thiazole rings is 1. The lowest BCUT2D eigenvalue weighted by Gasteiger charge is -2.24. The summed E-state index contributed by atoms with van der Waals surface area (Å²) in [5, 5.41) is 12.0. The van der Waals surface area contributed by atoms with E-state index in [0.29, 0.717) is 53.3 Å². The van der Waals surface area contributed by atoms with Crippen molar-refractivity contribution in [3.63, 3.8) is 0 Å². The number of aromatic nitrogens is 1. The van der Waals surface area contributed by atoms with Gasteiger partial charge in [0.15, 0.2) is 16.6 Å². The van der Waals surface area contributed by atoms with E-state index in [1.807, 2.05) is 50.2 Å². The third-order valence-corrected chi connectivity index (χ3v) is 8.48. The molecule has 1 saturated heterocycles. The fourth-order valence-electron chi connectivity index (χ4n) is 5.47. The molecule has 2 aliphatic rings. The SMILES string of the molecule is CCCCCOc1cccc([C@@H]2C(=C(O)c3ccc4c(c3)OCCO4)C(=O)C(=O)N2c2nc3c(C)cc(C)cc3s2)c1. The van der Waals surface area contributed by atoms with Crippen molar-refractivity contribution in [3.8, 4) is 17.2 Å². The van der Waals surface area contributed by atoms with Crippen LogP contribution in [0.1, 0.15) is 54.5 Å². The number of hydrogen-bond donors (Lipinski definition) is 1. The molecule has 216 valence electrons. The second-order valence-electron chi connectivity index (χ2n) is 10.6. The highest BCUT2D eigenvalue weighted by molar-refractivity contribution is 7.22. The molecule has 0 unspecified atom stereocenters. The highest BCUT2D eigenvalue weighted by Crippen LogP contribution is 2.46. The van der Waals surface area contributed by atoms with E-state index in [-0.39, 0.29) is 11.3 Å². The second-order valence-corrected chi connectivity index (χ2v) is 11.6. The van der Waals surface area contributed by atoms with Crippen LogP contribution in [0.5, 0.6) is 17.2 Å². The summed E-state index contributed by atoms with van der Waals surface area (Å²) < 4.78 is 18.3. The van der Waals surface area contributed by atoms with Crippen LogP contribution in [0.25, 0.3) is 16.0 Å². The van der Waals surface area contributed by atoms with E-state index in [0.717, 1.165) is 40.6 Å². The molecule has 3 heterocycles. The van der Waals surface area contributed by atoms with Crippen molar-refractivity contribution in [2.24, 2.45) is 0 Å². The maximum atomic E-state index is 13.7. The summed E-state index contributed by atoms with van der Waals surface area (Å²) in [6.07, 6.45) is 3.07. The number of Topliss-reactive ketones (excluding diaryl/α,β-unsaturated/α-hetero) is 1. The molecule has 1 fully saturated rings. The van der Waals surface area contributed by atoms with Crippen molar-refractivity contribution in [2.75, 3.05) is 24.7 Å². The van der Waals surface area contributed by atoms with E-state index < -0.39 is 17.7 Å². The van der Waals surface area contributed by atoms with Gasteiger partial charge in [-0.3, -0.25) is 14.5 Å². The van der Waals surface area contributed by atoms with Gasteiger partial charge in [0, 0.05) is 5.56 Å². The number of ketones is 1. The van der Waals surface area contributed by atoms with Crippen molar-refractivity contribution >= 4 is 44.1 Å². The van der Waals surface area contributed by atoms with Crippen molar-refractivity contribution in [1.29, 1.82) is 0 Å². The minimum Gasteiger partial charge on any atom is -0.507 e. The Hall–Kier alpha value is -4.37. The number of ether oxygens (including phenoxy) is 3. The van der Waals surface area contributed by atoms with Gasteiger partial charge in [-0.05, 0) is 73.4 Å². The first-order valence-electron chi connectivity index (χ1n) is 14.2. The maximum absolute atomic E-state index is 13.7. The van der Waals surface area contributed by atoms with Gasteiger partial charge < -0.3 is 19.3 Å². The molecule has 0 aliphatic carbocycles. The molecule has 1 N–H and O–H groups in total. The largest absolute Gasteiger partial charge is 0.507 e. The number of nitrogens with zero attached hydrogens (tertiary/aromatic N) is 2. The maximum Gasteiger partial charge on any atom is 0.301 e. The Bertz CT molecular complexity index is 1730. The van der Waals surface area contributed by atoms with E-state index >= 15 is 0 Å². The number of carbonyl (C=O) groups excluding carboxylic acids is 2. The number of anilines is 1. The first-order chi connectivity index (χ1) is 20.4. The van der Waals surface area contributed by atoms with Crippen molar-refractivity contribution < 1.29 is 28.9 Å². The normalized spacial score (nSPS) is 17.7. The lowest BCUT2D eigenvalue weighted by Crippen LogP contribution is -2.29. The number of benzene rings is 3. The third-order valence-electron chi connectivity index (χ3n) is 7.48. The molecular formula is C33H32N2O6S. The molecular weight excluding hydrogens is 552 g/mol. The van der Waals surface area contributed by atoms with E-state index in [4.69, 9.17) is 19.2 Å². The Labute approximate surface area is 248 Å². The number of fused-ring (bicyclic) bond motifs is 2. The summed E-state index contributed by atoms with van der Waals surface area (Å²) in [6.45, 7) is 7.50. The van der Waals surface area contributed by atoms with Crippen LogP contribution >= 0.6 is 11.3 Å². The molecule has 1 atom stereocenters. The summed E-state index contributed by atoms with van der Waals surface area (Å²) in [5.74, 6) is -0.168. The average molecular weight is 585 g/mol. The summed E-state index contributed by atoms with van der Waals surface area (Å²) in [5.41, 5.74) is 3.81. The van der Waals surface area contributed by atoms with Crippen LogP contribution in [0.4, 0.5) is 5.13 Å². The molecule has 42 heavy (non-hydrogen) atoms. The molecule has 4 aromatic rings. The average Bonchev–Trinajstić information content (AvgIpc) is 3.53. The van der Waals surface area contributed by atoms with Crippen LogP contribution in [-0.2, 0) is 9.59 Å². The summed E-state index contributed by atoms with van der Waals surface area (Å²) in [6, 6.07) is 15.5. The van der Waals surface area contributed by atoms with Gasteiger partial charge in [-0.1, -0.05) is 49.3 Å². The van der Waals surface area contributed by atoms with E-state index in [2.05, 4.69) is 6.92 Å². The van der Waals surface area contributed by atoms with Gasteiger partial charge in [0.1, 0.15) is 24.7 Å². The summed E-state index contributed by atoms with van der Waals surface area (Å²) in [7, 11) is 0. The number of aryl methyl sites for hydroxylation is 2. The predicted octanol–water partition coefficient (Wildman–Crippen LogP) is 6.88. The second kappa shape index (κ2) is 11.5. The van der Waals surface area contributed by atoms with Crippen molar-refractivity contribution in [2.45, 2.75) is 46.1 Å². The molecule has 1 aromatic heterocycles. The quantitative estimate of drug-likeness (QED) is 0.104. The highest BCUT2D eigenvalue weighted by Gasteiger charge is 2.48. The Balaban J connectivity index is 1.49. The minimum absolute atomic E-state index is 0.0213. The lowest BCUT2D eigenvalue weighted by molar-refractivity contribution is -0.132. The standard InChI is InChI=1S/C33H32N2O6S/c1-4-5-6-12-39-23-9-7-8-21(17-23)29-27(30(36)22-10-11-24-25(18-22)41-14-13-40-24)31(37)32(38)35(29)33-34-28-20(3)15-19(2)16-26(28)42-33/h7-11,15-18,29,36H,4-6,12-14H2,1-3H3/t29-/m1/s1. The Morgan fingerprint density at radius 3 is 2.67 bits per heavy atom. The van der Waals surface area contributed by atoms with Crippen LogP contribution in [0.2, 0.25) is 0 Å². The summed E-state index contributed by atoms with van der Waals surface area (Å²) in [4.78, 5) is 33.7. The van der Waals surface area contributed by atoms with Gasteiger partial charge >= 0.3 is 5.91 Å². The van der Waals surface area contributed by atoms with Crippen LogP contribution in [0.15, 0.2) is 60.2 Å². The zero-order valence-corrected chi connectivity index (χ0v) is 24.6. The monoisotopic (exact) mass is 584 g/mol. The van der Waals surface area contributed by atoms with Crippen molar-refractivity contribution in [3.05, 3.63) is 82.4 Å². The van der Waals surface area contributed by atoms with Gasteiger partial charge in [0.2, 0.25) is 0 Å². The van der Waals surface area contributed by atoms with Gasteiger partial charge in [-0.25, -0.2) is 4.98 Å². The number of hydrogen-bond acceptors (Lipinski definition) is 8. The zero-order valence-electron chi connectivity index (χ0n) is 23.8. The van der Waals surface area contributed by atoms with Crippen LogP contribution in [0, 0.1) is 13.8 Å². The fourth-order valence-corrected chi connectivity index (χ4v) is 6.64. The Morgan fingerprint density at radius 2 is 1.86 bits per heavy atom.